The molecule has 1 aromatic carbocycles. The molecule has 5 heteroatoms. The zero-order valence-electron chi connectivity index (χ0n) is 19.4. The molecule has 33 heavy (non-hydrogen) atoms. The number of benzene rings is 1. The van der Waals surface area contributed by atoms with E-state index in [9.17, 15) is 9.59 Å². The molecule has 0 atom stereocenters. The third kappa shape index (κ3) is 4.11. The highest BCUT2D eigenvalue weighted by molar-refractivity contribution is 7.99. The van der Waals surface area contributed by atoms with Crippen molar-refractivity contribution in [3.8, 4) is 0 Å². The minimum atomic E-state index is -0.0867. The van der Waals surface area contributed by atoms with Gasteiger partial charge in [-0.05, 0) is 101 Å². The van der Waals surface area contributed by atoms with Crippen LogP contribution in [0, 0.1) is 23.2 Å². The number of carbonyl (C=O) groups is 1. The number of hydrogen-bond donors (Lipinski definition) is 0. The highest BCUT2D eigenvalue weighted by Crippen LogP contribution is 2.60. The van der Waals surface area contributed by atoms with E-state index in [4.69, 9.17) is 4.98 Å². The maximum Gasteiger partial charge on any atom is 0.262 e. The van der Waals surface area contributed by atoms with Gasteiger partial charge in [0.2, 0.25) is 0 Å². The number of Topliss-reactive ketones (excluding diaryl/α,β-unsaturated/α-hetero) is 1. The Labute approximate surface area is 200 Å². The maximum atomic E-state index is 13.6. The maximum absolute atomic E-state index is 13.6. The Balaban J connectivity index is 1.25. The fraction of sp³-hybridized carbons (Fsp3) is 0.607. The Morgan fingerprint density at radius 1 is 1.06 bits per heavy atom. The Bertz CT molecular complexity index is 1130. The van der Waals surface area contributed by atoms with Crippen molar-refractivity contribution in [3.05, 3.63) is 46.3 Å². The molecular formula is C28H34N2O2S. The van der Waals surface area contributed by atoms with Gasteiger partial charge >= 0.3 is 0 Å². The fourth-order valence-electron chi connectivity index (χ4n) is 7.58. The molecule has 5 aliphatic carbocycles. The number of fused-ring (bicyclic) bond motifs is 1. The molecule has 0 saturated heterocycles. The van der Waals surface area contributed by atoms with Crippen LogP contribution in [0.15, 0.2) is 45.9 Å². The number of para-hydroxylation sites is 1. The van der Waals surface area contributed by atoms with Crippen molar-refractivity contribution in [2.75, 3.05) is 5.75 Å². The van der Waals surface area contributed by atoms with Gasteiger partial charge in [0.15, 0.2) is 5.16 Å². The second-order valence-corrected chi connectivity index (χ2v) is 12.1. The zero-order chi connectivity index (χ0) is 22.4. The second kappa shape index (κ2) is 8.72. The fourth-order valence-corrected chi connectivity index (χ4v) is 8.64. The van der Waals surface area contributed by atoms with Crippen LogP contribution >= 0.6 is 11.8 Å². The molecule has 5 aliphatic rings. The Hall–Kier alpha value is -1.88. The summed E-state index contributed by atoms with van der Waals surface area (Å²) in [6.45, 7) is 0.649. The number of aromatic nitrogens is 2. The first kappa shape index (κ1) is 21.6. The van der Waals surface area contributed by atoms with E-state index in [2.05, 4.69) is 6.08 Å². The summed E-state index contributed by atoms with van der Waals surface area (Å²) in [5.74, 6) is 3.16. The number of rotatable bonds is 7. The first-order chi connectivity index (χ1) is 16.1. The summed E-state index contributed by atoms with van der Waals surface area (Å²) in [6.07, 6.45) is 15.4. The van der Waals surface area contributed by atoms with Crippen molar-refractivity contribution in [3.63, 3.8) is 0 Å². The Morgan fingerprint density at radius 2 is 1.79 bits per heavy atom. The van der Waals surface area contributed by atoms with Crippen LogP contribution in [-0.2, 0) is 11.3 Å². The predicted molar refractivity (Wildman–Crippen MR) is 134 cm³/mol. The quantitative estimate of drug-likeness (QED) is 0.281. The number of nitrogens with zero attached hydrogens (tertiary/aromatic N) is 2. The lowest BCUT2D eigenvalue weighted by molar-refractivity contribution is -0.141. The third-order valence-electron chi connectivity index (χ3n) is 8.83. The monoisotopic (exact) mass is 462 g/mol. The number of ketones is 1. The van der Waals surface area contributed by atoms with Gasteiger partial charge in [0.05, 0.1) is 16.7 Å². The normalized spacial score (nSPS) is 30.5. The lowest BCUT2D eigenvalue weighted by atomic mass is 9.48. The van der Waals surface area contributed by atoms with Crippen molar-refractivity contribution in [2.24, 2.45) is 23.2 Å². The molecule has 2 aromatic rings. The van der Waals surface area contributed by atoms with Crippen molar-refractivity contribution in [2.45, 2.75) is 82.3 Å². The van der Waals surface area contributed by atoms with Crippen LogP contribution in [0.5, 0.6) is 0 Å². The molecule has 4 nitrogen and oxygen atoms in total. The van der Waals surface area contributed by atoms with Gasteiger partial charge in [0.25, 0.3) is 5.56 Å². The standard InChI is InChI=1S/C28H34N2O2S/c31-25(28-15-20-12-21(16-28)14-22(13-20)17-28)18-33-27-29-24-9-5-4-8-23(24)26(32)30(27)11-10-19-6-2-1-3-7-19/h4-6,8-9,20-22H,1-3,7,10-18H2. The van der Waals surface area contributed by atoms with Crippen LogP contribution in [0.4, 0.5) is 0 Å². The number of hydrogen-bond acceptors (Lipinski definition) is 4. The van der Waals surface area contributed by atoms with Gasteiger partial charge in [-0.15, -0.1) is 0 Å². The Kier molecular flexibility index (Phi) is 5.72. The van der Waals surface area contributed by atoms with E-state index in [0.29, 0.717) is 28.6 Å². The summed E-state index contributed by atoms with van der Waals surface area (Å²) >= 11 is 1.50. The molecule has 4 fully saturated rings. The molecule has 0 spiro atoms. The summed E-state index contributed by atoms with van der Waals surface area (Å²) in [5, 5.41) is 1.39. The van der Waals surface area contributed by atoms with Gasteiger partial charge in [-0.2, -0.15) is 0 Å². The Morgan fingerprint density at radius 3 is 2.48 bits per heavy atom. The first-order valence-electron chi connectivity index (χ1n) is 12.9. The SMILES string of the molecule is O=C(CSc1nc2ccccc2c(=O)n1CCC1=CCCCC1)C12CC3CC(CC(C3)C1)C2. The van der Waals surface area contributed by atoms with Crippen molar-refractivity contribution < 1.29 is 4.79 Å². The first-order valence-corrected chi connectivity index (χ1v) is 13.9. The molecule has 0 radical (unpaired) electrons. The van der Waals surface area contributed by atoms with Crippen LogP contribution in [0.1, 0.15) is 70.6 Å². The van der Waals surface area contributed by atoms with Crippen molar-refractivity contribution in [1.29, 1.82) is 0 Å². The predicted octanol–water partition coefficient (Wildman–Crippen LogP) is 6.16. The molecule has 4 bridgehead atoms. The van der Waals surface area contributed by atoms with E-state index >= 15 is 0 Å². The van der Waals surface area contributed by atoms with E-state index in [0.717, 1.165) is 61.8 Å². The minimum absolute atomic E-state index is 0.0294. The molecule has 0 amide bonds. The highest BCUT2D eigenvalue weighted by atomic mass is 32.2. The summed E-state index contributed by atoms with van der Waals surface area (Å²) < 4.78 is 1.84. The molecular weight excluding hydrogens is 428 g/mol. The summed E-state index contributed by atoms with van der Waals surface area (Å²) in [5.41, 5.74) is 2.14. The molecule has 174 valence electrons. The average molecular weight is 463 g/mol. The van der Waals surface area contributed by atoms with Gasteiger partial charge in [0, 0.05) is 12.0 Å². The molecule has 4 saturated carbocycles. The molecule has 1 heterocycles. The number of allylic oxidation sites excluding steroid dienone is 2. The van der Waals surface area contributed by atoms with Gasteiger partial charge < -0.3 is 0 Å². The summed E-state index contributed by atoms with van der Waals surface area (Å²) in [4.78, 5) is 31.9. The van der Waals surface area contributed by atoms with E-state index in [1.807, 2.05) is 28.8 Å². The molecule has 0 N–H and O–H groups in total. The highest BCUT2D eigenvalue weighted by Gasteiger charge is 2.54. The largest absolute Gasteiger partial charge is 0.298 e. The molecule has 0 aliphatic heterocycles. The lowest BCUT2D eigenvalue weighted by Crippen LogP contribution is -2.50. The second-order valence-electron chi connectivity index (χ2n) is 11.1. The van der Waals surface area contributed by atoms with Crippen LogP contribution < -0.4 is 5.56 Å². The topological polar surface area (TPSA) is 52.0 Å². The number of thioether (sulfide) groups is 1. The average Bonchev–Trinajstić information content (AvgIpc) is 2.82. The zero-order valence-corrected chi connectivity index (χ0v) is 20.2. The van der Waals surface area contributed by atoms with Gasteiger partial charge in [-0.25, -0.2) is 4.98 Å². The van der Waals surface area contributed by atoms with Gasteiger partial charge in [-0.3, -0.25) is 14.2 Å². The summed E-state index contributed by atoms with van der Waals surface area (Å²) in [7, 11) is 0. The number of carbonyl (C=O) groups excluding carboxylic acids is 1. The summed E-state index contributed by atoms with van der Waals surface area (Å²) in [6, 6.07) is 7.62. The van der Waals surface area contributed by atoms with Crippen LogP contribution in [0.3, 0.4) is 0 Å². The molecule has 7 rings (SSSR count). The van der Waals surface area contributed by atoms with Crippen LogP contribution in [0.2, 0.25) is 0 Å². The van der Waals surface area contributed by atoms with Crippen molar-refractivity contribution in [1.82, 2.24) is 9.55 Å². The van der Waals surface area contributed by atoms with Crippen molar-refractivity contribution >= 4 is 28.4 Å². The van der Waals surface area contributed by atoms with E-state index in [1.54, 1.807) is 0 Å². The van der Waals surface area contributed by atoms with E-state index < -0.39 is 0 Å². The van der Waals surface area contributed by atoms with Crippen LogP contribution in [-0.4, -0.2) is 21.1 Å². The molecule has 1 aromatic heterocycles. The molecule has 0 unspecified atom stereocenters. The van der Waals surface area contributed by atoms with Gasteiger partial charge in [0.1, 0.15) is 5.78 Å². The van der Waals surface area contributed by atoms with Gasteiger partial charge in [-0.1, -0.05) is 35.5 Å². The van der Waals surface area contributed by atoms with Crippen LogP contribution in [0.25, 0.3) is 10.9 Å². The lowest BCUT2D eigenvalue weighted by Gasteiger charge is -2.56. The van der Waals surface area contributed by atoms with E-state index in [1.165, 1.54) is 49.4 Å². The third-order valence-corrected chi connectivity index (χ3v) is 9.81. The van der Waals surface area contributed by atoms with E-state index in [-0.39, 0.29) is 11.0 Å². The smallest absolute Gasteiger partial charge is 0.262 e. The minimum Gasteiger partial charge on any atom is -0.298 e.